The Kier molecular flexibility index (Phi) is 5.18. The van der Waals surface area contributed by atoms with Crippen molar-refractivity contribution in [3.05, 3.63) is 33.8 Å². The van der Waals surface area contributed by atoms with Crippen molar-refractivity contribution in [3.63, 3.8) is 0 Å². The zero-order valence-electron chi connectivity index (χ0n) is 12.3. The van der Waals surface area contributed by atoms with Crippen LogP contribution < -0.4 is 5.32 Å². The van der Waals surface area contributed by atoms with Gasteiger partial charge in [-0.05, 0) is 24.1 Å². The third kappa shape index (κ3) is 3.59. The summed E-state index contributed by atoms with van der Waals surface area (Å²) in [6.45, 7) is 5.48. The molecular formula is C15H22BrN3O. The Morgan fingerprint density at radius 2 is 2.25 bits per heavy atom. The van der Waals surface area contributed by atoms with Gasteiger partial charge in [-0.2, -0.15) is 0 Å². The third-order valence-corrected chi connectivity index (χ3v) is 4.58. The molecule has 0 spiro atoms. The van der Waals surface area contributed by atoms with Gasteiger partial charge >= 0.3 is 0 Å². The lowest BCUT2D eigenvalue weighted by atomic mass is 10.1. The number of hydrogen-bond donors (Lipinski definition) is 1. The maximum atomic E-state index is 12.3. The molecule has 1 aliphatic heterocycles. The fourth-order valence-corrected chi connectivity index (χ4v) is 2.76. The van der Waals surface area contributed by atoms with Crippen LogP contribution in [0.3, 0.4) is 0 Å². The summed E-state index contributed by atoms with van der Waals surface area (Å²) in [4.78, 5) is 16.2. The Balaban J connectivity index is 2.12. The molecule has 1 unspecified atom stereocenters. The van der Waals surface area contributed by atoms with E-state index in [1.807, 2.05) is 14.1 Å². The highest BCUT2D eigenvalue weighted by atomic mass is 79.9. The number of carbonyl (C=O) groups is 1. The van der Waals surface area contributed by atoms with E-state index < -0.39 is 0 Å². The average molecular weight is 340 g/mol. The molecule has 20 heavy (non-hydrogen) atoms. The van der Waals surface area contributed by atoms with Crippen molar-refractivity contribution in [3.8, 4) is 0 Å². The molecule has 1 fully saturated rings. The number of hydrogen-bond acceptors (Lipinski definition) is 3. The van der Waals surface area contributed by atoms with E-state index in [4.69, 9.17) is 0 Å². The van der Waals surface area contributed by atoms with Gasteiger partial charge in [0.05, 0.1) is 0 Å². The van der Waals surface area contributed by atoms with Crippen molar-refractivity contribution in [1.82, 2.24) is 15.1 Å². The highest BCUT2D eigenvalue weighted by Gasteiger charge is 2.29. The van der Waals surface area contributed by atoms with Crippen molar-refractivity contribution in [2.24, 2.45) is 0 Å². The van der Waals surface area contributed by atoms with Crippen LogP contribution >= 0.6 is 15.9 Å². The van der Waals surface area contributed by atoms with Crippen molar-refractivity contribution in [1.29, 1.82) is 0 Å². The molecule has 1 N–H and O–H groups in total. The second-order valence-corrected chi connectivity index (χ2v) is 6.36. The molecule has 0 radical (unpaired) electrons. The van der Waals surface area contributed by atoms with Crippen molar-refractivity contribution < 1.29 is 4.79 Å². The maximum absolute atomic E-state index is 12.3. The lowest BCUT2D eigenvalue weighted by Gasteiger charge is -2.36. The number of nitrogens with one attached hydrogen (secondary N) is 1. The molecule has 1 heterocycles. The van der Waals surface area contributed by atoms with Gasteiger partial charge in [0, 0.05) is 44.7 Å². The Morgan fingerprint density at radius 3 is 2.90 bits per heavy atom. The van der Waals surface area contributed by atoms with Crippen LogP contribution in [-0.2, 0) is 11.3 Å². The largest absolute Gasteiger partial charge is 0.347 e. The minimum atomic E-state index is -0.0669. The first-order valence-electron chi connectivity index (χ1n) is 6.90. The molecule has 1 aliphatic rings. The monoisotopic (exact) mass is 339 g/mol. The Labute approximate surface area is 129 Å². The fourth-order valence-electron chi connectivity index (χ4n) is 2.52. The van der Waals surface area contributed by atoms with Crippen LogP contribution in [0.25, 0.3) is 0 Å². The minimum absolute atomic E-state index is 0.0669. The van der Waals surface area contributed by atoms with Gasteiger partial charge in [-0.3, -0.25) is 9.69 Å². The van der Waals surface area contributed by atoms with Gasteiger partial charge in [0.25, 0.3) is 0 Å². The molecule has 5 heteroatoms. The summed E-state index contributed by atoms with van der Waals surface area (Å²) in [6, 6.07) is 6.32. The summed E-state index contributed by atoms with van der Waals surface area (Å²) in [5.74, 6) is 0.172. The van der Waals surface area contributed by atoms with E-state index in [1.165, 1.54) is 11.1 Å². The Bertz CT molecular complexity index is 490. The number of benzene rings is 1. The van der Waals surface area contributed by atoms with E-state index >= 15 is 0 Å². The molecule has 0 aliphatic carbocycles. The first-order valence-corrected chi connectivity index (χ1v) is 7.69. The van der Waals surface area contributed by atoms with Crippen LogP contribution in [0.15, 0.2) is 22.7 Å². The highest BCUT2D eigenvalue weighted by Crippen LogP contribution is 2.19. The molecule has 0 aromatic heterocycles. The maximum Gasteiger partial charge on any atom is 0.240 e. The molecule has 2 rings (SSSR count). The molecular weight excluding hydrogens is 318 g/mol. The lowest BCUT2D eigenvalue weighted by molar-refractivity contribution is -0.135. The zero-order valence-corrected chi connectivity index (χ0v) is 13.9. The number of carbonyl (C=O) groups excluding carboxylic acids is 1. The molecule has 0 bridgehead atoms. The average Bonchev–Trinajstić information content (AvgIpc) is 2.42. The van der Waals surface area contributed by atoms with Crippen molar-refractivity contribution >= 4 is 21.8 Å². The van der Waals surface area contributed by atoms with Crippen molar-refractivity contribution in [2.45, 2.75) is 19.5 Å². The number of amides is 1. The number of rotatable bonds is 3. The topological polar surface area (TPSA) is 35.6 Å². The predicted octanol–water partition coefficient (Wildman–Crippen LogP) is 1.62. The number of likely N-dealkylation sites (N-methyl/N-ethyl adjacent to an activating group) is 1. The zero-order chi connectivity index (χ0) is 14.7. The third-order valence-electron chi connectivity index (χ3n) is 3.69. The summed E-state index contributed by atoms with van der Waals surface area (Å²) in [5, 5.41) is 3.31. The van der Waals surface area contributed by atoms with Gasteiger partial charge in [0.15, 0.2) is 0 Å². The normalized spacial score (nSPS) is 19.9. The van der Waals surface area contributed by atoms with Crippen LogP contribution in [0.1, 0.15) is 11.1 Å². The van der Waals surface area contributed by atoms with Crippen LogP contribution in [-0.4, -0.2) is 55.5 Å². The fraction of sp³-hybridized carbons (Fsp3) is 0.533. The molecule has 0 saturated carbocycles. The number of nitrogens with zero attached hydrogens (tertiary/aromatic N) is 2. The second-order valence-electron chi connectivity index (χ2n) is 5.51. The van der Waals surface area contributed by atoms with Gasteiger partial charge in [-0.15, -0.1) is 0 Å². The summed E-state index contributed by atoms with van der Waals surface area (Å²) < 4.78 is 1.13. The van der Waals surface area contributed by atoms with Crippen LogP contribution in [0.5, 0.6) is 0 Å². The van der Waals surface area contributed by atoms with Gasteiger partial charge in [0.1, 0.15) is 6.04 Å². The van der Waals surface area contributed by atoms with Gasteiger partial charge in [0.2, 0.25) is 5.91 Å². The highest BCUT2D eigenvalue weighted by molar-refractivity contribution is 9.10. The van der Waals surface area contributed by atoms with E-state index in [0.717, 1.165) is 30.7 Å². The van der Waals surface area contributed by atoms with E-state index in [2.05, 4.69) is 51.3 Å². The SMILES string of the molecule is Cc1cc(CN2CCNCC2C(=O)N(C)C)ccc1Br. The standard InChI is InChI=1S/C15H22BrN3O/c1-11-8-12(4-5-13(11)16)10-19-7-6-17-9-14(19)15(20)18(2)3/h4-5,8,14,17H,6-7,9-10H2,1-3H3. The van der Waals surface area contributed by atoms with Gasteiger partial charge < -0.3 is 10.2 Å². The molecule has 1 aromatic rings. The van der Waals surface area contributed by atoms with E-state index in [1.54, 1.807) is 4.90 Å². The smallest absolute Gasteiger partial charge is 0.240 e. The van der Waals surface area contributed by atoms with E-state index in [9.17, 15) is 4.79 Å². The van der Waals surface area contributed by atoms with Crippen LogP contribution in [0.2, 0.25) is 0 Å². The molecule has 1 amide bonds. The van der Waals surface area contributed by atoms with E-state index in [0.29, 0.717) is 0 Å². The number of aryl methyl sites for hydroxylation is 1. The second kappa shape index (κ2) is 6.70. The van der Waals surface area contributed by atoms with Crippen LogP contribution in [0, 0.1) is 6.92 Å². The van der Waals surface area contributed by atoms with Crippen molar-refractivity contribution in [2.75, 3.05) is 33.7 Å². The summed E-state index contributed by atoms with van der Waals surface area (Å²) in [5.41, 5.74) is 2.48. The molecule has 1 atom stereocenters. The summed E-state index contributed by atoms with van der Waals surface area (Å²) in [6.07, 6.45) is 0. The summed E-state index contributed by atoms with van der Waals surface area (Å²) in [7, 11) is 3.64. The minimum Gasteiger partial charge on any atom is -0.347 e. The first-order chi connectivity index (χ1) is 9.49. The molecule has 1 saturated heterocycles. The van der Waals surface area contributed by atoms with Gasteiger partial charge in [-0.1, -0.05) is 28.1 Å². The quantitative estimate of drug-likeness (QED) is 0.908. The van der Waals surface area contributed by atoms with Crippen LogP contribution in [0.4, 0.5) is 0 Å². The van der Waals surface area contributed by atoms with Gasteiger partial charge in [-0.25, -0.2) is 0 Å². The summed E-state index contributed by atoms with van der Waals surface area (Å²) >= 11 is 3.52. The molecule has 110 valence electrons. The molecule has 4 nitrogen and oxygen atoms in total. The first kappa shape index (κ1) is 15.5. The number of piperazine rings is 1. The Morgan fingerprint density at radius 1 is 1.50 bits per heavy atom. The predicted molar refractivity (Wildman–Crippen MR) is 84.6 cm³/mol. The molecule has 1 aromatic carbocycles. The Hall–Kier alpha value is -0.910. The van der Waals surface area contributed by atoms with E-state index in [-0.39, 0.29) is 11.9 Å². The lowest BCUT2D eigenvalue weighted by Crippen LogP contribution is -2.57. The number of halogens is 1.